The Bertz CT molecular complexity index is 1400. The van der Waals surface area contributed by atoms with E-state index in [1.165, 1.54) is 7.11 Å². The lowest BCUT2D eigenvalue weighted by Crippen LogP contribution is -2.22. The van der Waals surface area contributed by atoms with Crippen molar-refractivity contribution in [2.24, 2.45) is 5.92 Å². The van der Waals surface area contributed by atoms with Gasteiger partial charge in [-0.1, -0.05) is 11.3 Å². The molecule has 34 heavy (non-hydrogen) atoms. The molecule has 0 amide bonds. The average Bonchev–Trinajstić information content (AvgIpc) is 3.55. The highest BCUT2D eigenvalue weighted by Crippen LogP contribution is 2.40. The number of nitriles is 1. The third-order valence-electron chi connectivity index (χ3n) is 6.34. The molecule has 0 aliphatic heterocycles. The van der Waals surface area contributed by atoms with Gasteiger partial charge < -0.3 is 10.1 Å². The number of carbonyl (C=O) groups excluding carboxylic acids is 1. The van der Waals surface area contributed by atoms with Gasteiger partial charge in [0.2, 0.25) is 0 Å². The average molecular weight is 474 g/mol. The van der Waals surface area contributed by atoms with Crippen LogP contribution < -0.4 is 5.32 Å². The van der Waals surface area contributed by atoms with Gasteiger partial charge in [0.15, 0.2) is 5.01 Å². The molecule has 9 nitrogen and oxygen atoms in total. The highest BCUT2D eigenvalue weighted by molar-refractivity contribution is 7.14. The molecule has 10 heteroatoms. The number of methoxy groups -OCH3 is 1. The molecule has 0 aromatic carbocycles. The zero-order valence-corrected chi connectivity index (χ0v) is 19.7. The van der Waals surface area contributed by atoms with Crippen LogP contribution in [-0.4, -0.2) is 44.9 Å². The first kappa shape index (κ1) is 22.0. The number of esters is 1. The minimum atomic E-state index is -0.114. The summed E-state index contributed by atoms with van der Waals surface area (Å²) in [5.41, 5.74) is 3.03. The maximum absolute atomic E-state index is 11.8. The van der Waals surface area contributed by atoms with Crippen molar-refractivity contribution in [2.75, 3.05) is 19.5 Å². The summed E-state index contributed by atoms with van der Waals surface area (Å²) in [7, 11) is 3.31. The van der Waals surface area contributed by atoms with E-state index in [1.807, 2.05) is 36.0 Å². The fourth-order valence-electron chi connectivity index (χ4n) is 4.47. The number of ether oxygens (including phenoxy) is 1. The van der Waals surface area contributed by atoms with Gasteiger partial charge in [-0.25, -0.2) is 9.97 Å². The summed E-state index contributed by atoms with van der Waals surface area (Å²) >= 11 is 1.58. The van der Waals surface area contributed by atoms with Crippen molar-refractivity contribution in [2.45, 2.75) is 31.6 Å². The van der Waals surface area contributed by atoms with Gasteiger partial charge in [-0.2, -0.15) is 5.26 Å². The number of carbonyl (C=O) groups is 1. The number of nitrogens with zero attached hydrogens (tertiary/aromatic N) is 6. The Morgan fingerprint density at radius 1 is 1.21 bits per heavy atom. The molecule has 4 aromatic heterocycles. The third kappa shape index (κ3) is 3.99. The van der Waals surface area contributed by atoms with Crippen LogP contribution in [-0.2, 0) is 9.53 Å². The molecule has 1 aliphatic carbocycles. The Hall–Kier alpha value is -3.84. The lowest BCUT2D eigenvalue weighted by atomic mass is 9.82. The molecule has 0 saturated heterocycles. The van der Waals surface area contributed by atoms with Crippen LogP contribution in [0.25, 0.3) is 27.4 Å². The predicted molar refractivity (Wildman–Crippen MR) is 129 cm³/mol. The number of fused-ring (bicyclic) bond motifs is 1. The zero-order valence-electron chi connectivity index (χ0n) is 18.9. The number of hydrogen-bond acceptors (Lipinski definition) is 9. The van der Waals surface area contributed by atoms with Crippen LogP contribution in [0.3, 0.4) is 0 Å². The number of anilines is 1. The summed E-state index contributed by atoms with van der Waals surface area (Å²) in [4.78, 5) is 20.9. The summed E-state index contributed by atoms with van der Waals surface area (Å²) in [6, 6.07) is 7.81. The molecule has 1 fully saturated rings. The van der Waals surface area contributed by atoms with Crippen molar-refractivity contribution in [1.82, 2.24) is 24.7 Å². The Balaban J connectivity index is 1.39. The second-order valence-corrected chi connectivity index (χ2v) is 9.30. The summed E-state index contributed by atoms with van der Waals surface area (Å²) in [6.45, 7) is 0. The van der Waals surface area contributed by atoms with E-state index in [0.717, 1.165) is 58.0 Å². The summed E-state index contributed by atoms with van der Waals surface area (Å²) in [5.74, 6) is 0.906. The van der Waals surface area contributed by atoms with E-state index in [4.69, 9.17) is 10.00 Å². The lowest BCUT2D eigenvalue weighted by molar-refractivity contribution is -0.146. The monoisotopic (exact) mass is 473 g/mol. The molecule has 0 bridgehead atoms. The van der Waals surface area contributed by atoms with E-state index in [9.17, 15) is 4.79 Å². The maximum atomic E-state index is 11.8. The number of nitrogens with one attached hydrogen (secondary N) is 1. The molecule has 0 radical (unpaired) electrons. The fraction of sp³-hybridized carbons (Fsp3) is 0.333. The van der Waals surface area contributed by atoms with Crippen molar-refractivity contribution < 1.29 is 9.53 Å². The Labute approximate surface area is 200 Å². The van der Waals surface area contributed by atoms with E-state index < -0.39 is 0 Å². The molecule has 0 atom stereocenters. The molecular weight excluding hydrogens is 450 g/mol. The fourth-order valence-corrected chi connectivity index (χ4v) is 5.51. The number of hydrogen-bond donors (Lipinski definition) is 1. The van der Waals surface area contributed by atoms with Crippen molar-refractivity contribution >= 4 is 34.0 Å². The second-order valence-electron chi connectivity index (χ2n) is 8.29. The van der Waals surface area contributed by atoms with Gasteiger partial charge in [0.05, 0.1) is 24.2 Å². The number of pyridine rings is 2. The first-order valence-electron chi connectivity index (χ1n) is 11.1. The van der Waals surface area contributed by atoms with Crippen molar-refractivity contribution in [1.29, 1.82) is 5.26 Å². The van der Waals surface area contributed by atoms with Gasteiger partial charge in [0, 0.05) is 48.7 Å². The normalized spacial score (nSPS) is 17.9. The van der Waals surface area contributed by atoms with Crippen LogP contribution in [0.2, 0.25) is 0 Å². The molecule has 172 valence electrons. The van der Waals surface area contributed by atoms with E-state index in [-0.39, 0.29) is 11.9 Å². The zero-order chi connectivity index (χ0) is 23.7. The van der Waals surface area contributed by atoms with Gasteiger partial charge in [-0.05, 0) is 37.8 Å². The Morgan fingerprint density at radius 2 is 2.03 bits per heavy atom. The van der Waals surface area contributed by atoms with Crippen molar-refractivity contribution in [3.8, 4) is 22.5 Å². The third-order valence-corrected chi connectivity index (χ3v) is 7.46. The van der Waals surface area contributed by atoms with Crippen LogP contribution in [0.4, 0.5) is 5.69 Å². The number of aromatic nitrogens is 5. The quantitative estimate of drug-likeness (QED) is 0.426. The second kappa shape index (κ2) is 9.19. The predicted octanol–water partition coefficient (Wildman–Crippen LogP) is 4.30. The molecule has 1 N–H and O–H groups in total. The van der Waals surface area contributed by atoms with Crippen LogP contribution in [0.1, 0.15) is 42.2 Å². The summed E-state index contributed by atoms with van der Waals surface area (Å²) < 4.78 is 6.79. The van der Waals surface area contributed by atoms with Gasteiger partial charge >= 0.3 is 5.97 Å². The van der Waals surface area contributed by atoms with Crippen molar-refractivity contribution in [3.63, 3.8) is 0 Å². The van der Waals surface area contributed by atoms with Crippen LogP contribution >= 0.6 is 11.3 Å². The SMILES string of the molecule is CNc1cc(-n2ccc3cc(C#N)cnc32)ncc1-c1nnc(C2CCC(C(=O)OC)CC2)s1. The Morgan fingerprint density at radius 3 is 2.76 bits per heavy atom. The van der Waals surface area contributed by atoms with Crippen molar-refractivity contribution in [3.05, 3.63) is 47.4 Å². The van der Waals surface area contributed by atoms with Crippen LogP contribution in [0, 0.1) is 17.2 Å². The minimum Gasteiger partial charge on any atom is -0.469 e. The molecule has 0 spiro atoms. The largest absolute Gasteiger partial charge is 0.469 e. The lowest BCUT2D eigenvalue weighted by Gasteiger charge is -2.25. The van der Waals surface area contributed by atoms with E-state index in [1.54, 1.807) is 23.7 Å². The highest BCUT2D eigenvalue weighted by atomic mass is 32.1. The van der Waals surface area contributed by atoms with E-state index in [0.29, 0.717) is 17.3 Å². The van der Waals surface area contributed by atoms with Gasteiger partial charge in [0.25, 0.3) is 0 Å². The first-order valence-corrected chi connectivity index (χ1v) is 11.9. The van der Waals surface area contributed by atoms with Gasteiger partial charge in [-0.3, -0.25) is 9.36 Å². The molecular formula is C24H23N7O2S. The summed E-state index contributed by atoms with van der Waals surface area (Å²) in [6.07, 6.45) is 8.71. The smallest absolute Gasteiger partial charge is 0.308 e. The topological polar surface area (TPSA) is 119 Å². The molecule has 1 saturated carbocycles. The van der Waals surface area contributed by atoms with E-state index >= 15 is 0 Å². The van der Waals surface area contributed by atoms with Gasteiger partial charge in [-0.15, -0.1) is 10.2 Å². The minimum absolute atomic E-state index is 0.00738. The first-order chi connectivity index (χ1) is 16.6. The standard InChI is InChI=1S/C24H23N7O2S/c1-26-19-10-20(31-8-7-17-9-14(11-25)12-28-21(17)31)27-13-18(19)23-30-29-22(34-23)15-3-5-16(6-4-15)24(32)33-2/h7-10,12-13,15-16H,3-6H2,1-2H3,(H,26,27). The van der Waals surface area contributed by atoms with Gasteiger partial charge in [0.1, 0.15) is 22.5 Å². The highest BCUT2D eigenvalue weighted by Gasteiger charge is 2.29. The Kier molecular flexibility index (Phi) is 5.94. The number of rotatable bonds is 5. The molecule has 0 unspecified atom stereocenters. The molecule has 4 heterocycles. The van der Waals surface area contributed by atoms with Crippen LogP contribution in [0.5, 0.6) is 0 Å². The molecule has 5 rings (SSSR count). The van der Waals surface area contributed by atoms with E-state index in [2.05, 4.69) is 31.6 Å². The molecule has 1 aliphatic rings. The summed E-state index contributed by atoms with van der Waals surface area (Å²) in [5, 5.41) is 24.0. The van der Waals surface area contributed by atoms with Crippen LogP contribution in [0.15, 0.2) is 36.8 Å². The molecule has 4 aromatic rings. The maximum Gasteiger partial charge on any atom is 0.308 e.